The van der Waals surface area contributed by atoms with Crippen molar-refractivity contribution in [2.24, 2.45) is 5.92 Å². The number of alkyl halides is 3. The van der Waals surface area contributed by atoms with Crippen LogP contribution in [0.15, 0.2) is 36.7 Å². The Morgan fingerprint density at radius 2 is 1.76 bits per heavy atom. The van der Waals surface area contributed by atoms with Crippen molar-refractivity contribution in [2.75, 3.05) is 6.54 Å². The molecule has 38 heavy (non-hydrogen) atoms. The van der Waals surface area contributed by atoms with Crippen molar-refractivity contribution in [3.63, 3.8) is 0 Å². The van der Waals surface area contributed by atoms with Crippen LogP contribution in [0.4, 0.5) is 13.2 Å². The van der Waals surface area contributed by atoms with E-state index in [0.29, 0.717) is 37.2 Å². The molecule has 1 aromatic heterocycles. The molecule has 2 aliphatic carbocycles. The topological polar surface area (TPSA) is 78.3 Å². The summed E-state index contributed by atoms with van der Waals surface area (Å²) in [5.74, 6) is 0.435. The van der Waals surface area contributed by atoms with Gasteiger partial charge in [-0.25, -0.2) is 9.97 Å². The number of fused-ring (bicyclic) bond motifs is 1. The third-order valence-electron chi connectivity index (χ3n) is 7.91. The van der Waals surface area contributed by atoms with Crippen LogP contribution in [-0.4, -0.2) is 44.5 Å². The van der Waals surface area contributed by atoms with E-state index in [4.69, 9.17) is 0 Å². The highest BCUT2D eigenvalue weighted by atomic mass is 19.4. The zero-order valence-corrected chi connectivity index (χ0v) is 22.3. The highest BCUT2D eigenvalue weighted by Crippen LogP contribution is 2.37. The Kier molecular flexibility index (Phi) is 9.08. The molecule has 2 fully saturated rings. The van der Waals surface area contributed by atoms with Gasteiger partial charge in [-0.2, -0.15) is 13.2 Å². The summed E-state index contributed by atoms with van der Waals surface area (Å²) in [5.41, 5.74) is -0.145. The van der Waals surface area contributed by atoms with Gasteiger partial charge >= 0.3 is 6.18 Å². The zero-order valence-electron chi connectivity index (χ0n) is 22.3. The monoisotopic (exact) mass is 532 g/mol. The van der Waals surface area contributed by atoms with E-state index in [0.717, 1.165) is 43.7 Å². The number of hydrogen-bond acceptors (Lipinski definition) is 5. The van der Waals surface area contributed by atoms with Crippen molar-refractivity contribution in [3.8, 4) is 0 Å². The molecule has 2 unspecified atom stereocenters. The number of halogens is 3. The molecule has 2 heterocycles. The van der Waals surface area contributed by atoms with Crippen LogP contribution in [0.1, 0.15) is 87.7 Å². The van der Waals surface area contributed by atoms with E-state index in [1.165, 1.54) is 12.5 Å². The zero-order chi connectivity index (χ0) is 27.3. The molecule has 0 saturated heterocycles. The number of nitrogens with one attached hydrogen (secondary N) is 1. The van der Waals surface area contributed by atoms with Gasteiger partial charge in [0.1, 0.15) is 5.60 Å². The number of aromatic nitrogens is 2. The number of hydrogen-bond donors (Lipinski definition) is 2. The first-order valence-corrected chi connectivity index (χ1v) is 13.9. The smallest absolute Gasteiger partial charge is 0.382 e. The first-order valence-electron chi connectivity index (χ1n) is 13.9. The molecule has 1 aliphatic heterocycles. The standard InChI is InChI=1S/C26H31F3N4O2.C3H8/c27-26(28,29)20-4-2-17-8-13-33(16-19(17)14-20)23(34)18-3-5-22(15-18)32-21-6-9-25(35,10-7-21)24-30-11-1-12-31-24;1-3-2/h1-2,4,11-12,14,18,21-22,32,35H,3,5-10,13,15-16H2;3H2,1-2H3. The van der Waals surface area contributed by atoms with Gasteiger partial charge < -0.3 is 15.3 Å². The van der Waals surface area contributed by atoms with E-state index in [1.54, 1.807) is 29.4 Å². The third-order valence-corrected chi connectivity index (χ3v) is 7.91. The molecule has 5 rings (SSSR count). The largest absolute Gasteiger partial charge is 0.416 e. The van der Waals surface area contributed by atoms with Crippen molar-refractivity contribution < 1.29 is 23.1 Å². The van der Waals surface area contributed by atoms with Crippen LogP contribution >= 0.6 is 0 Å². The minimum absolute atomic E-state index is 0.0524. The van der Waals surface area contributed by atoms with Crippen LogP contribution in [0.2, 0.25) is 0 Å². The summed E-state index contributed by atoms with van der Waals surface area (Å²) in [7, 11) is 0. The van der Waals surface area contributed by atoms with E-state index in [-0.39, 0.29) is 30.5 Å². The summed E-state index contributed by atoms with van der Waals surface area (Å²) in [6.07, 6.45) is 6.01. The predicted octanol–water partition coefficient (Wildman–Crippen LogP) is 5.39. The Labute approximate surface area is 223 Å². The van der Waals surface area contributed by atoms with Crippen LogP contribution in [0, 0.1) is 5.92 Å². The normalized spacial score (nSPS) is 27.3. The molecule has 2 saturated carbocycles. The summed E-state index contributed by atoms with van der Waals surface area (Å²) in [4.78, 5) is 23.4. The molecular formula is C29H39F3N4O2. The van der Waals surface area contributed by atoms with Crippen LogP contribution in [0.5, 0.6) is 0 Å². The highest BCUT2D eigenvalue weighted by Gasteiger charge is 2.40. The van der Waals surface area contributed by atoms with Gasteiger partial charge in [-0.05, 0) is 80.7 Å². The number of aliphatic hydroxyl groups is 1. The molecule has 3 aliphatic rings. The van der Waals surface area contributed by atoms with E-state index < -0.39 is 17.3 Å². The second-order valence-corrected chi connectivity index (χ2v) is 10.9. The molecule has 6 nitrogen and oxygen atoms in total. The van der Waals surface area contributed by atoms with Gasteiger partial charge in [0.05, 0.1) is 5.56 Å². The summed E-state index contributed by atoms with van der Waals surface area (Å²) < 4.78 is 39.3. The molecule has 0 radical (unpaired) electrons. The van der Waals surface area contributed by atoms with Crippen LogP contribution in [-0.2, 0) is 29.5 Å². The maximum Gasteiger partial charge on any atom is 0.416 e. The molecule has 0 spiro atoms. The van der Waals surface area contributed by atoms with Crippen LogP contribution < -0.4 is 5.32 Å². The Bertz CT molecular complexity index is 1070. The SMILES string of the molecule is CCC.O=C(C1CCC(NC2CCC(O)(c3ncccn3)CC2)C1)N1CCc2ccc(C(F)(F)F)cc2C1. The first-order chi connectivity index (χ1) is 18.1. The lowest BCUT2D eigenvalue weighted by atomic mass is 9.81. The van der Waals surface area contributed by atoms with Gasteiger partial charge in [0.2, 0.25) is 5.91 Å². The van der Waals surface area contributed by atoms with Crippen molar-refractivity contribution in [1.82, 2.24) is 20.2 Å². The highest BCUT2D eigenvalue weighted by molar-refractivity contribution is 5.79. The Hall–Kier alpha value is -2.52. The molecule has 208 valence electrons. The minimum atomic E-state index is -4.38. The van der Waals surface area contributed by atoms with E-state index in [9.17, 15) is 23.1 Å². The molecule has 2 atom stereocenters. The number of nitrogens with zero attached hydrogens (tertiary/aromatic N) is 3. The van der Waals surface area contributed by atoms with Crippen molar-refractivity contribution in [1.29, 1.82) is 0 Å². The van der Waals surface area contributed by atoms with E-state index in [2.05, 4.69) is 29.1 Å². The lowest BCUT2D eigenvalue weighted by molar-refractivity contribution is -0.137. The van der Waals surface area contributed by atoms with Gasteiger partial charge in [-0.1, -0.05) is 26.3 Å². The fraction of sp³-hybridized carbons (Fsp3) is 0.621. The fourth-order valence-corrected chi connectivity index (χ4v) is 5.90. The van der Waals surface area contributed by atoms with E-state index in [1.807, 2.05) is 0 Å². The van der Waals surface area contributed by atoms with Crippen molar-refractivity contribution >= 4 is 5.91 Å². The van der Waals surface area contributed by atoms with Crippen LogP contribution in [0.3, 0.4) is 0 Å². The minimum Gasteiger partial charge on any atom is -0.382 e. The van der Waals surface area contributed by atoms with Gasteiger partial charge in [-0.3, -0.25) is 4.79 Å². The maximum absolute atomic E-state index is 13.2. The molecule has 9 heteroatoms. The third kappa shape index (κ3) is 6.72. The molecule has 1 aromatic carbocycles. The summed E-state index contributed by atoms with van der Waals surface area (Å²) >= 11 is 0. The van der Waals surface area contributed by atoms with Gasteiger partial charge in [0.15, 0.2) is 5.82 Å². The van der Waals surface area contributed by atoms with Crippen molar-refractivity contribution in [2.45, 2.75) is 102 Å². The average Bonchev–Trinajstić information content (AvgIpc) is 3.38. The van der Waals surface area contributed by atoms with Crippen molar-refractivity contribution in [3.05, 3.63) is 59.2 Å². The maximum atomic E-state index is 13.2. The Balaban J connectivity index is 0.00000107. The predicted molar refractivity (Wildman–Crippen MR) is 139 cm³/mol. The lowest BCUT2D eigenvalue weighted by Gasteiger charge is -2.36. The lowest BCUT2D eigenvalue weighted by Crippen LogP contribution is -2.44. The van der Waals surface area contributed by atoms with Gasteiger partial charge in [0.25, 0.3) is 0 Å². The fourth-order valence-electron chi connectivity index (χ4n) is 5.90. The summed E-state index contributed by atoms with van der Waals surface area (Å²) in [5, 5.41) is 14.6. The summed E-state index contributed by atoms with van der Waals surface area (Å²) in [6, 6.07) is 6.12. The Morgan fingerprint density at radius 1 is 1.08 bits per heavy atom. The number of benzene rings is 1. The number of carbonyl (C=O) groups excluding carboxylic acids is 1. The Morgan fingerprint density at radius 3 is 2.42 bits per heavy atom. The molecule has 1 amide bonds. The second-order valence-electron chi connectivity index (χ2n) is 10.9. The summed E-state index contributed by atoms with van der Waals surface area (Å²) in [6.45, 7) is 5.05. The van der Waals surface area contributed by atoms with E-state index >= 15 is 0 Å². The number of amides is 1. The molecule has 2 aromatic rings. The molecule has 0 bridgehead atoms. The number of rotatable bonds is 4. The van der Waals surface area contributed by atoms with Gasteiger partial charge in [-0.15, -0.1) is 0 Å². The van der Waals surface area contributed by atoms with Crippen LogP contribution in [0.25, 0.3) is 0 Å². The second kappa shape index (κ2) is 12.1. The first kappa shape index (κ1) is 28.5. The quantitative estimate of drug-likeness (QED) is 0.553. The average molecular weight is 533 g/mol. The molecular weight excluding hydrogens is 493 g/mol. The van der Waals surface area contributed by atoms with Gasteiger partial charge in [0, 0.05) is 43.5 Å². The molecule has 2 N–H and O–H groups in total. The number of carbonyl (C=O) groups is 1.